The number of ether oxygens (including phenoxy) is 1. The van der Waals surface area contributed by atoms with Gasteiger partial charge in [0.25, 0.3) is 5.91 Å². The molecule has 0 aliphatic rings. The van der Waals surface area contributed by atoms with Gasteiger partial charge in [-0.3, -0.25) is 9.59 Å². The maximum absolute atomic E-state index is 12.0. The Kier molecular flexibility index (Phi) is 6.31. The van der Waals surface area contributed by atoms with Crippen LogP contribution in [0, 0.1) is 5.92 Å². The van der Waals surface area contributed by atoms with Gasteiger partial charge in [0, 0.05) is 10.2 Å². The molecule has 4 nitrogen and oxygen atoms in total. The van der Waals surface area contributed by atoms with E-state index in [0.717, 1.165) is 4.47 Å². The number of carbonyl (C=O) groups is 2. The zero-order valence-corrected chi connectivity index (χ0v) is 13.0. The van der Waals surface area contributed by atoms with Gasteiger partial charge < -0.3 is 10.1 Å². The van der Waals surface area contributed by atoms with Crippen LogP contribution in [0.25, 0.3) is 0 Å². The van der Waals surface area contributed by atoms with Crippen molar-refractivity contribution < 1.29 is 14.3 Å². The van der Waals surface area contributed by atoms with Crippen LogP contribution in [0.15, 0.2) is 28.7 Å². The van der Waals surface area contributed by atoms with E-state index >= 15 is 0 Å². The molecule has 0 aliphatic carbocycles. The molecule has 0 bridgehead atoms. The first-order valence-electron chi connectivity index (χ1n) is 5.76. The fraction of sp³-hybridized carbons (Fsp3) is 0.385. The largest absolute Gasteiger partial charge is 0.451 e. The van der Waals surface area contributed by atoms with Crippen molar-refractivity contribution in [2.24, 2.45) is 5.92 Å². The summed E-state index contributed by atoms with van der Waals surface area (Å²) < 4.78 is 5.94. The summed E-state index contributed by atoms with van der Waals surface area (Å²) in [5, 5.41) is 2.70. The van der Waals surface area contributed by atoms with Crippen LogP contribution in [0.1, 0.15) is 13.8 Å². The SMILES string of the molecule is CC(C)C(OC(=O)CCl)C(=O)Nc1ccc(Br)cc1. The number of hydrogen-bond donors (Lipinski definition) is 1. The molecule has 1 amide bonds. The first kappa shape index (κ1) is 16.0. The van der Waals surface area contributed by atoms with Crippen molar-refractivity contribution in [3.8, 4) is 0 Å². The lowest BCUT2D eigenvalue weighted by Crippen LogP contribution is -2.36. The smallest absolute Gasteiger partial charge is 0.321 e. The van der Waals surface area contributed by atoms with Crippen LogP contribution in [0.3, 0.4) is 0 Å². The lowest BCUT2D eigenvalue weighted by molar-refractivity contribution is -0.154. The van der Waals surface area contributed by atoms with Gasteiger partial charge in [0.15, 0.2) is 6.10 Å². The molecule has 0 aromatic heterocycles. The van der Waals surface area contributed by atoms with Crippen molar-refractivity contribution in [1.29, 1.82) is 0 Å². The predicted octanol–water partition coefficient (Wildman–Crippen LogP) is 3.19. The molecule has 0 aliphatic heterocycles. The van der Waals surface area contributed by atoms with Crippen LogP contribution in [-0.2, 0) is 14.3 Å². The van der Waals surface area contributed by atoms with Crippen molar-refractivity contribution in [2.75, 3.05) is 11.2 Å². The highest BCUT2D eigenvalue weighted by Gasteiger charge is 2.26. The van der Waals surface area contributed by atoms with E-state index in [9.17, 15) is 9.59 Å². The minimum absolute atomic E-state index is 0.136. The maximum Gasteiger partial charge on any atom is 0.321 e. The number of hydrogen-bond acceptors (Lipinski definition) is 3. The van der Waals surface area contributed by atoms with Gasteiger partial charge in [-0.05, 0) is 30.2 Å². The highest BCUT2D eigenvalue weighted by atomic mass is 79.9. The molecule has 1 aromatic rings. The van der Waals surface area contributed by atoms with Crippen molar-refractivity contribution in [2.45, 2.75) is 20.0 Å². The highest BCUT2D eigenvalue weighted by Crippen LogP contribution is 2.16. The average molecular weight is 349 g/mol. The van der Waals surface area contributed by atoms with Crippen LogP contribution >= 0.6 is 27.5 Å². The predicted molar refractivity (Wildman–Crippen MR) is 78.2 cm³/mol. The Morgan fingerprint density at radius 1 is 1.32 bits per heavy atom. The van der Waals surface area contributed by atoms with Crippen molar-refractivity contribution in [1.82, 2.24) is 0 Å². The van der Waals surface area contributed by atoms with Gasteiger partial charge in [-0.2, -0.15) is 0 Å². The lowest BCUT2D eigenvalue weighted by atomic mass is 10.1. The third kappa shape index (κ3) is 5.20. The molecule has 1 aromatic carbocycles. The van der Waals surface area contributed by atoms with Crippen molar-refractivity contribution >= 4 is 45.1 Å². The zero-order valence-electron chi connectivity index (χ0n) is 10.7. The molecule has 1 N–H and O–H groups in total. The standard InChI is InChI=1S/C13H15BrClNO3/c1-8(2)12(19-11(17)7-15)13(18)16-10-5-3-9(14)4-6-10/h3-6,8,12H,7H2,1-2H3,(H,16,18). The Labute approximate surface area is 125 Å². The van der Waals surface area contributed by atoms with Crippen LogP contribution in [0.2, 0.25) is 0 Å². The zero-order chi connectivity index (χ0) is 14.4. The third-order valence-corrected chi connectivity index (χ3v) is 3.09. The summed E-state index contributed by atoms with van der Waals surface area (Å²) in [4.78, 5) is 23.2. The Morgan fingerprint density at radius 3 is 2.37 bits per heavy atom. The first-order valence-corrected chi connectivity index (χ1v) is 7.08. The molecule has 0 spiro atoms. The molecule has 0 heterocycles. The van der Waals surface area contributed by atoms with Gasteiger partial charge in [0.05, 0.1) is 0 Å². The molecule has 1 atom stereocenters. The van der Waals surface area contributed by atoms with Gasteiger partial charge in [0.2, 0.25) is 0 Å². The number of halogens is 2. The second-order valence-electron chi connectivity index (χ2n) is 4.28. The molecule has 1 unspecified atom stereocenters. The van der Waals surface area contributed by atoms with E-state index in [1.54, 1.807) is 26.0 Å². The number of rotatable bonds is 5. The molecular weight excluding hydrogens is 334 g/mol. The minimum Gasteiger partial charge on any atom is -0.451 e. The van der Waals surface area contributed by atoms with Crippen LogP contribution < -0.4 is 5.32 Å². The number of amides is 1. The summed E-state index contributed by atoms with van der Waals surface area (Å²) in [7, 11) is 0. The van der Waals surface area contributed by atoms with Crippen molar-refractivity contribution in [3.63, 3.8) is 0 Å². The minimum atomic E-state index is -0.852. The van der Waals surface area contributed by atoms with Gasteiger partial charge >= 0.3 is 5.97 Å². The van der Waals surface area contributed by atoms with E-state index in [1.165, 1.54) is 0 Å². The monoisotopic (exact) mass is 347 g/mol. The Morgan fingerprint density at radius 2 is 1.89 bits per heavy atom. The first-order chi connectivity index (χ1) is 8.93. The van der Waals surface area contributed by atoms with E-state index < -0.39 is 12.1 Å². The summed E-state index contributed by atoms with van der Waals surface area (Å²) in [5.74, 6) is -1.38. The Balaban J connectivity index is 2.71. The average Bonchev–Trinajstić information content (AvgIpc) is 2.37. The highest BCUT2D eigenvalue weighted by molar-refractivity contribution is 9.10. The summed E-state index contributed by atoms with van der Waals surface area (Å²) in [5.41, 5.74) is 0.640. The molecule has 104 valence electrons. The quantitative estimate of drug-likeness (QED) is 0.657. The lowest BCUT2D eigenvalue weighted by Gasteiger charge is -2.20. The summed E-state index contributed by atoms with van der Waals surface area (Å²) in [6.45, 7) is 3.60. The summed E-state index contributed by atoms with van der Waals surface area (Å²) in [6.07, 6.45) is -0.852. The third-order valence-electron chi connectivity index (χ3n) is 2.34. The Hall–Kier alpha value is -1.07. The fourth-order valence-corrected chi connectivity index (χ4v) is 1.74. The molecule has 0 fully saturated rings. The van der Waals surface area contributed by atoms with Gasteiger partial charge in [0.1, 0.15) is 5.88 Å². The molecule has 6 heteroatoms. The fourth-order valence-electron chi connectivity index (χ4n) is 1.41. The number of benzene rings is 1. The Bertz CT molecular complexity index is 448. The van der Waals surface area contributed by atoms with E-state index in [0.29, 0.717) is 5.69 Å². The number of nitrogens with one attached hydrogen (secondary N) is 1. The number of carbonyl (C=O) groups excluding carboxylic acids is 2. The molecule has 0 radical (unpaired) electrons. The van der Waals surface area contributed by atoms with E-state index in [2.05, 4.69) is 21.2 Å². The van der Waals surface area contributed by atoms with Gasteiger partial charge in [-0.1, -0.05) is 29.8 Å². The summed E-state index contributed by atoms with van der Waals surface area (Å²) in [6, 6.07) is 7.13. The topological polar surface area (TPSA) is 55.4 Å². The second kappa shape index (κ2) is 7.50. The van der Waals surface area contributed by atoms with Crippen LogP contribution in [0.5, 0.6) is 0 Å². The number of esters is 1. The van der Waals surface area contributed by atoms with Crippen LogP contribution in [0.4, 0.5) is 5.69 Å². The molecule has 1 rings (SSSR count). The molecular formula is C13H15BrClNO3. The maximum atomic E-state index is 12.0. The number of anilines is 1. The molecule has 0 saturated carbocycles. The van der Waals surface area contributed by atoms with Crippen LogP contribution in [-0.4, -0.2) is 23.9 Å². The van der Waals surface area contributed by atoms with E-state index in [4.69, 9.17) is 16.3 Å². The van der Waals surface area contributed by atoms with Gasteiger partial charge in [-0.25, -0.2) is 0 Å². The summed E-state index contributed by atoms with van der Waals surface area (Å²) >= 11 is 8.68. The number of alkyl halides is 1. The molecule has 19 heavy (non-hydrogen) atoms. The second-order valence-corrected chi connectivity index (χ2v) is 5.47. The van der Waals surface area contributed by atoms with E-state index in [1.807, 2.05) is 12.1 Å². The molecule has 0 saturated heterocycles. The normalized spacial score (nSPS) is 12.1. The van der Waals surface area contributed by atoms with Crippen molar-refractivity contribution in [3.05, 3.63) is 28.7 Å². The van der Waals surface area contributed by atoms with Gasteiger partial charge in [-0.15, -0.1) is 11.6 Å². The van der Waals surface area contributed by atoms with E-state index in [-0.39, 0.29) is 17.7 Å².